The van der Waals surface area contributed by atoms with Gasteiger partial charge in [0.1, 0.15) is 5.75 Å². The van der Waals surface area contributed by atoms with Crippen molar-refractivity contribution in [2.24, 2.45) is 0 Å². The first-order valence-electron chi connectivity index (χ1n) is 13.3. The number of fused-ring (bicyclic) bond motifs is 1. The van der Waals surface area contributed by atoms with Gasteiger partial charge in [-0.25, -0.2) is 4.79 Å². The van der Waals surface area contributed by atoms with E-state index in [1.807, 2.05) is 31.2 Å². The average Bonchev–Trinajstić information content (AvgIpc) is 3.40. The van der Waals surface area contributed by atoms with Crippen LogP contribution in [0.3, 0.4) is 0 Å². The van der Waals surface area contributed by atoms with Gasteiger partial charge in [-0.3, -0.25) is 14.5 Å². The Bertz CT molecular complexity index is 1390. The second kappa shape index (κ2) is 15.0. The molecule has 4 rings (SSSR count). The molecule has 0 bridgehead atoms. The smallest absolute Gasteiger partial charge is 0.336 e. The molecule has 0 radical (unpaired) electrons. The highest BCUT2D eigenvalue weighted by atomic mass is 16.7. The highest BCUT2D eigenvalue weighted by molar-refractivity contribution is 5.88. The minimum atomic E-state index is -2.74. The molecule has 1 aliphatic heterocycles. The predicted molar refractivity (Wildman–Crippen MR) is 154 cm³/mol. The first-order chi connectivity index (χ1) is 20.4. The molecule has 1 unspecified atom stereocenters. The van der Waals surface area contributed by atoms with Crippen molar-refractivity contribution in [1.29, 1.82) is 0 Å². The van der Waals surface area contributed by atoms with Crippen molar-refractivity contribution < 1.29 is 54.1 Å². The van der Waals surface area contributed by atoms with Crippen LogP contribution in [-0.2, 0) is 27.5 Å². The van der Waals surface area contributed by atoms with Crippen molar-refractivity contribution in [3.8, 4) is 28.4 Å². The van der Waals surface area contributed by atoms with E-state index >= 15 is 0 Å². The molecule has 12 nitrogen and oxygen atoms in total. The molecule has 230 valence electrons. The van der Waals surface area contributed by atoms with Crippen LogP contribution in [0.25, 0.3) is 11.1 Å². The van der Waals surface area contributed by atoms with Gasteiger partial charge in [-0.2, -0.15) is 0 Å². The van der Waals surface area contributed by atoms with Crippen molar-refractivity contribution in [2.45, 2.75) is 44.6 Å². The molecule has 0 spiro atoms. The van der Waals surface area contributed by atoms with Gasteiger partial charge in [0.05, 0.1) is 26.1 Å². The molecule has 0 aromatic heterocycles. The van der Waals surface area contributed by atoms with E-state index in [2.05, 4.69) is 47.4 Å². The van der Waals surface area contributed by atoms with Gasteiger partial charge >= 0.3 is 17.9 Å². The third kappa shape index (κ3) is 9.99. The number of carboxylic acid groups (broad SMARTS) is 3. The molecule has 1 aliphatic rings. The van der Waals surface area contributed by atoms with Crippen LogP contribution in [0.1, 0.15) is 30.9 Å². The molecular formula is C31H35NO11. The van der Waals surface area contributed by atoms with E-state index < -0.39 is 42.5 Å². The highest BCUT2D eigenvalue weighted by Crippen LogP contribution is 2.33. The molecule has 0 fully saturated rings. The number of benzene rings is 3. The maximum Gasteiger partial charge on any atom is 0.336 e. The number of rotatable bonds is 13. The molecule has 3 aromatic carbocycles. The van der Waals surface area contributed by atoms with E-state index in [-0.39, 0.29) is 6.79 Å². The number of carbonyl (C=O) groups is 3. The zero-order chi connectivity index (χ0) is 31.6. The number of carboxylic acids is 3. The maximum absolute atomic E-state index is 10.3. The van der Waals surface area contributed by atoms with E-state index in [0.717, 1.165) is 40.5 Å². The fraction of sp³-hybridized carbons (Fsp3) is 0.323. The zero-order valence-corrected chi connectivity index (χ0v) is 23.8. The minimum absolute atomic E-state index is 0.272. The molecule has 0 aliphatic carbocycles. The van der Waals surface area contributed by atoms with Gasteiger partial charge in [-0.15, -0.1) is 0 Å². The summed E-state index contributed by atoms with van der Waals surface area (Å²) < 4.78 is 16.2. The standard InChI is InChI=1S/C25H27NO4.C6H8O7/c1-18(27)14-26(16-20-6-11-24-25(13-20)30-17-29-24)15-19-4-3-5-22(12-19)21-7-9-23(28-2)10-8-21;7-3(8)1-6(13,5(11)12)2-4(9)10/h3-13,18,27H,14-17H2,1-2H3;13H,1-2H2,(H,7,8)(H,9,10)(H,11,12). The Morgan fingerprint density at radius 1 is 0.860 bits per heavy atom. The topological polar surface area (TPSA) is 183 Å². The number of hydrogen-bond acceptors (Lipinski definition) is 9. The van der Waals surface area contributed by atoms with Crippen LogP contribution < -0.4 is 14.2 Å². The van der Waals surface area contributed by atoms with E-state index in [4.69, 9.17) is 34.6 Å². The van der Waals surface area contributed by atoms with Gasteiger partial charge in [0.2, 0.25) is 6.79 Å². The van der Waals surface area contributed by atoms with Crippen LogP contribution in [-0.4, -0.2) is 80.5 Å². The number of aliphatic hydroxyl groups excluding tert-OH is 1. The Morgan fingerprint density at radius 3 is 2.02 bits per heavy atom. The monoisotopic (exact) mass is 597 g/mol. The van der Waals surface area contributed by atoms with Crippen LogP contribution in [0.5, 0.6) is 17.2 Å². The van der Waals surface area contributed by atoms with Crippen molar-refractivity contribution in [2.75, 3.05) is 20.4 Å². The molecule has 0 saturated carbocycles. The maximum atomic E-state index is 10.3. The van der Waals surface area contributed by atoms with E-state index in [1.165, 1.54) is 5.56 Å². The molecule has 12 heteroatoms. The fourth-order valence-electron chi connectivity index (χ4n) is 4.46. The number of methoxy groups -OCH3 is 1. The van der Waals surface area contributed by atoms with Gasteiger partial charge in [-0.1, -0.05) is 36.4 Å². The fourth-order valence-corrected chi connectivity index (χ4v) is 4.46. The van der Waals surface area contributed by atoms with E-state index in [9.17, 15) is 19.5 Å². The van der Waals surface area contributed by atoms with Crippen LogP contribution in [0.4, 0.5) is 0 Å². The van der Waals surface area contributed by atoms with Gasteiger partial charge in [0.15, 0.2) is 17.1 Å². The lowest BCUT2D eigenvalue weighted by Crippen LogP contribution is -2.42. The summed E-state index contributed by atoms with van der Waals surface area (Å²) in [7, 11) is 1.67. The third-order valence-corrected chi connectivity index (χ3v) is 6.41. The molecule has 5 N–H and O–H groups in total. The van der Waals surface area contributed by atoms with E-state index in [0.29, 0.717) is 13.1 Å². The van der Waals surface area contributed by atoms with Crippen molar-refractivity contribution >= 4 is 17.9 Å². The molecule has 3 aromatic rings. The Labute approximate surface area is 248 Å². The predicted octanol–water partition coefficient (Wildman–Crippen LogP) is 3.23. The third-order valence-electron chi connectivity index (χ3n) is 6.41. The van der Waals surface area contributed by atoms with Crippen LogP contribution in [0.15, 0.2) is 66.7 Å². The number of aliphatic carboxylic acids is 3. The van der Waals surface area contributed by atoms with Crippen molar-refractivity contribution in [1.82, 2.24) is 4.90 Å². The summed E-state index contributed by atoms with van der Waals surface area (Å²) in [5, 5.41) is 43.8. The summed E-state index contributed by atoms with van der Waals surface area (Å²) in [5.74, 6) is -2.60. The largest absolute Gasteiger partial charge is 0.497 e. The lowest BCUT2D eigenvalue weighted by atomic mass is 9.96. The second-order valence-electron chi connectivity index (χ2n) is 10.1. The molecule has 0 amide bonds. The zero-order valence-electron chi connectivity index (χ0n) is 23.8. The summed E-state index contributed by atoms with van der Waals surface area (Å²) in [5.41, 5.74) is 1.90. The quantitative estimate of drug-likeness (QED) is 0.194. The highest BCUT2D eigenvalue weighted by Gasteiger charge is 2.40. The molecular weight excluding hydrogens is 562 g/mol. The van der Waals surface area contributed by atoms with Gasteiger partial charge in [-0.05, 0) is 59.5 Å². The normalized spacial score (nSPS) is 12.7. The summed E-state index contributed by atoms with van der Waals surface area (Å²) in [6, 6.07) is 22.6. The molecule has 0 saturated heterocycles. The summed E-state index contributed by atoms with van der Waals surface area (Å²) in [6.07, 6.45) is -2.70. The van der Waals surface area contributed by atoms with Crippen molar-refractivity contribution in [3.63, 3.8) is 0 Å². The SMILES string of the molecule is COc1ccc(-c2cccc(CN(Cc3ccc4c(c3)OCO4)CC(C)O)c2)cc1.O=C(O)CC(O)(CC(=O)O)C(=O)O. The minimum Gasteiger partial charge on any atom is -0.497 e. The lowest BCUT2D eigenvalue weighted by Gasteiger charge is -2.24. The molecule has 1 atom stereocenters. The number of ether oxygens (including phenoxy) is 3. The Morgan fingerprint density at radius 2 is 1.47 bits per heavy atom. The summed E-state index contributed by atoms with van der Waals surface area (Å²) in [4.78, 5) is 32.7. The average molecular weight is 598 g/mol. The number of hydrogen-bond donors (Lipinski definition) is 5. The number of nitrogens with zero attached hydrogens (tertiary/aromatic N) is 1. The van der Waals surface area contributed by atoms with Gasteiger partial charge < -0.3 is 39.7 Å². The summed E-state index contributed by atoms with van der Waals surface area (Å²) in [6.45, 7) is 4.13. The molecule has 43 heavy (non-hydrogen) atoms. The lowest BCUT2D eigenvalue weighted by molar-refractivity contribution is -0.170. The Kier molecular flexibility index (Phi) is 11.5. The molecule has 1 heterocycles. The second-order valence-corrected chi connectivity index (χ2v) is 10.1. The number of aliphatic hydroxyl groups is 2. The Balaban J connectivity index is 0.000000331. The van der Waals surface area contributed by atoms with Crippen LogP contribution in [0.2, 0.25) is 0 Å². The van der Waals surface area contributed by atoms with Gasteiger partial charge in [0.25, 0.3) is 0 Å². The van der Waals surface area contributed by atoms with E-state index in [1.54, 1.807) is 7.11 Å². The first kappa shape index (κ1) is 32.9. The Hall–Kier alpha value is -4.65. The van der Waals surface area contributed by atoms with Crippen LogP contribution in [0, 0.1) is 0 Å². The van der Waals surface area contributed by atoms with Crippen molar-refractivity contribution in [3.05, 3.63) is 77.9 Å². The first-order valence-corrected chi connectivity index (χ1v) is 13.3. The van der Waals surface area contributed by atoms with Crippen LogP contribution >= 0.6 is 0 Å². The van der Waals surface area contributed by atoms with Gasteiger partial charge in [0, 0.05) is 19.6 Å². The summed E-state index contributed by atoms with van der Waals surface area (Å²) >= 11 is 0.